The lowest BCUT2D eigenvalue weighted by atomic mass is 10.1. The van der Waals surface area contributed by atoms with Gasteiger partial charge in [0.05, 0.1) is 6.10 Å². The molecule has 0 bridgehead atoms. The molecule has 0 saturated heterocycles. The first-order valence-electron chi connectivity index (χ1n) is 6.74. The van der Waals surface area contributed by atoms with Crippen LogP contribution in [0.15, 0.2) is 24.3 Å². The van der Waals surface area contributed by atoms with Gasteiger partial charge in [-0.3, -0.25) is 4.79 Å². The molecular weight excluding hydrogens is 274 g/mol. The summed E-state index contributed by atoms with van der Waals surface area (Å²) in [5, 5.41) is 12.3. The molecule has 0 amide bonds. The summed E-state index contributed by atoms with van der Waals surface area (Å²) in [4.78, 5) is 11.2. The summed E-state index contributed by atoms with van der Waals surface area (Å²) in [6.45, 7) is 4.44. The third-order valence-corrected chi connectivity index (χ3v) is 3.43. The van der Waals surface area contributed by atoms with E-state index in [1.807, 2.05) is 44.4 Å². The Balaban J connectivity index is 2.65. The number of carboxylic acids is 1. The quantitative estimate of drug-likeness (QED) is 0.734. The van der Waals surface area contributed by atoms with Crippen LogP contribution in [-0.2, 0) is 11.3 Å². The summed E-state index contributed by atoms with van der Waals surface area (Å²) in [7, 11) is 0. The molecule has 2 N–H and O–H groups in total. The largest absolute Gasteiger partial charge is 0.491 e. The van der Waals surface area contributed by atoms with Crippen molar-refractivity contribution in [2.24, 2.45) is 0 Å². The summed E-state index contributed by atoms with van der Waals surface area (Å²) in [5.74, 6) is 0.832. The number of hydrogen-bond donors (Lipinski definition) is 2. The fourth-order valence-corrected chi connectivity index (χ4v) is 2.27. The topological polar surface area (TPSA) is 58.6 Å². The monoisotopic (exact) mass is 297 g/mol. The van der Waals surface area contributed by atoms with E-state index in [0.717, 1.165) is 17.1 Å². The molecule has 0 saturated carbocycles. The van der Waals surface area contributed by atoms with Crippen LogP contribution >= 0.6 is 11.8 Å². The van der Waals surface area contributed by atoms with E-state index in [-0.39, 0.29) is 6.10 Å². The predicted molar refractivity (Wildman–Crippen MR) is 83.5 cm³/mol. The van der Waals surface area contributed by atoms with Crippen LogP contribution in [0.1, 0.15) is 25.8 Å². The van der Waals surface area contributed by atoms with Gasteiger partial charge in [-0.25, -0.2) is 0 Å². The Bertz CT molecular complexity index is 423. The Labute approximate surface area is 124 Å². The molecule has 0 spiro atoms. The van der Waals surface area contributed by atoms with Crippen molar-refractivity contribution in [3.63, 3.8) is 0 Å². The first kappa shape index (κ1) is 16.9. The van der Waals surface area contributed by atoms with Gasteiger partial charge in [-0.2, -0.15) is 11.8 Å². The minimum absolute atomic E-state index is 0.0999. The third-order valence-electron chi connectivity index (χ3n) is 2.78. The van der Waals surface area contributed by atoms with Gasteiger partial charge >= 0.3 is 5.97 Å². The van der Waals surface area contributed by atoms with E-state index in [1.54, 1.807) is 11.8 Å². The summed E-state index contributed by atoms with van der Waals surface area (Å²) in [6, 6.07) is 7.20. The van der Waals surface area contributed by atoms with Crippen molar-refractivity contribution in [1.82, 2.24) is 5.32 Å². The number of nitrogens with one attached hydrogen (secondary N) is 1. The van der Waals surface area contributed by atoms with Crippen molar-refractivity contribution in [2.75, 3.05) is 12.0 Å². The molecule has 0 aliphatic rings. The van der Waals surface area contributed by atoms with Gasteiger partial charge < -0.3 is 15.2 Å². The lowest BCUT2D eigenvalue weighted by Crippen LogP contribution is -2.36. The molecule has 1 rings (SSSR count). The molecule has 0 aliphatic carbocycles. The van der Waals surface area contributed by atoms with Gasteiger partial charge in [0.1, 0.15) is 11.8 Å². The summed E-state index contributed by atoms with van der Waals surface area (Å²) in [6.07, 6.45) is 2.69. The van der Waals surface area contributed by atoms with Crippen molar-refractivity contribution < 1.29 is 14.6 Å². The van der Waals surface area contributed by atoms with Crippen LogP contribution in [0.3, 0.4) is 0 Å². The summed E-state index contributed by atoms with van der Waals surface area (Å²) >= 11 is 1.65. The van der Waals surface area contributed by atoms with Crippen LogP contribution in [0.4, 0.5) is 0 Å². The van der Waals surface area contributed by atoms with Crippen LogP contribution in [-0.4, -0.2) is 35.2 Å². The molecule has 0 aliphatic heterocycles. The molecular formula is C15H23NO3S. The Kier molecular flexibility index (Phi) is 7.47. The fraction of sp³-hybridized carbons (Fsp3) is 0.533. The highest BCUT2D eigenvalue weighted by Gasteiger charge is 2.16. The SMILES string of the molecule is CSCCC(NCc1ccccc1OC(C)C)C(=O)O. The average Bonchev–Trinajstić information content (AvgIpc) is 2.39. The molecule has 112 valence electrons. The molecule has 0 radical (unpaired) electrons. The van der Waals surface area contributed by atoms with E-state index in [4.69, 9.17) is 4.74 Å². The first-order chi connectivity index (χ1) is 9.54. The van der Waals surface area contributed by atoms with Gasteiger partial charge in [-0.05, 0) is 38.3 Å². The molecule has 1 aromatic carbocycles. The van der Waals surface area contributed by atoms with Gasteiger partial charge in [0.2, 0.25) is 0 Å². The minimum Gasteiger partial charge on any atom is -0.491 e. The number of rotatable bonds is 9. The van der Waals surface area contributed by atoms with E-state index >= 15 is 0 Å². The molecule has 0 aromatic heterocycles. The highest BCUT2D eigenvalue weighted by Crippen LogP contribution is 2.19. The molecule has 1 aromatic rings. The highest BCUT2D eigenvalue weighted by molar-refractivity contribution is 7.98. The first-order valence-corrected chi connectivity index (χ1v) is 8.13. The Hall–Kier alpha value is -1.20. The second kappa shape index (κ2) is 8.87. The van der Waals surface area contributed by atoms with Crippen LogP contribution < -0.4 is 10.1 Å². The average molecular weight is 297 g/mol. The predicted octanol–water partition coefficient (Wildman–Crippen LogP) is 2.77. The molecule has 20 heavy (non-hydrogen) atoms. The molecule has 1 unspecified atom stereocenters. The van der Waals surface area contributed by atoms with Crippen molar-refractivity contribution in [2.45, 2.75) is 39.0 Å². The fourth-order valence-electron chi connectivity index (χ4n) is 1.80. The number of carbonyl (C=O) groups is 1. The van der Waals surface area contributed by atoms with E-state index < -0.39 is 12.0 Å². The Morgan fingerprint density at radius 3 is 2.70 bits per heavy atom. The molecule has 5 heteroatoms. The molecule has 0 fully saturated rings. The number of hydrogen-bond acceptors (Lipinski definition) is 4. The van der Waals surface area contributed by atoms with Crippen LogP contribution in [0.25, 0.3) is 0 Å². The van der Waals surface area contributed by atoms with Crippen molar-refractivity contribution in [3.05, 3.63) is 29.8 Å². The van der Waals surface area contributed by atoms with Gasteiger partial charge in [0, 0.05) is 12.1 Å². The van der Waals surface area contributed by atoms with Gasteiger partial charge in [0.25, 0.3) is 0 Å². The van der Waals surface area contributed by atoms with Crippen LogP contribution in [0, 0.1) is 0 Å². The number of carboxylic acid groups (broad SMARTS) is 1. The molecule has 4 nitrogen and oxygen atoms in total. The Morgan fingerprint density at radius 2 is 2.10 bits per heavy atom. The second-order valence-electron chi connectivity index (χ2n) is 4.83. The van der Waals surface area contributed by atoms with Gasteiger partial charge in [-0.1, -0.05) is 18.2 Å². The van der Waals surface area contributed by atoms with Gasteiger partial charge in [0.15, 0.2) is 0 Å². The highest BCUT2D eigenvalue weighted by atomic mass is 32.2. The van der Waals surface area contributed by atoms with E-state index in [2.05, 4.69) is 5.32 Å². The van der Waals surface area contributed by atoms with Crippen LogP contribution in [0.5, 0.6) is 5.75 Å². The zero-order chi connectivity index (χ0) is 15.0. The zero-order valence-corrected chi connectivity index (χ0v) is 13.1. The normalized spacial score (nSPS) is 12.4. The lowest BCUT2D eigenvalue weighted by molar-refractivity contribution is -0.139. The number of para-hydroxylation sites is 1. The van der Waals surface area contributed by atoms with Crippen LogP contribution in [0.2, 0.25) is 0 Å². The number of ether oxygens (including phenoxy) is 1. The third kappa shape index (κ3) is 5.84. The van der Waals surface area contributed by atoms with E-state index in [0.29, 0.717) is 13.0 Å². The van der Waals surface area contributed by atoms with Crippen molar-refractivity contribution in [3.8, 4) is 5.75 Å². The van der Waals surface area contributed by atoms with E-state index in [9.17, 15) is 9.90 Å². The minimum atomic E-state index is -0.804. The molecule has 1 atom stereocenters. The summed E-state index contributed by atoms with van der Waals surface area (Å²) in [5.41, 5.74) is 0.983. The lowest BCUT2D eigenvalue weighted by Gasteiger charge is -2.17. The maximum atomic E-state index is 11.2. The van der Waals surface area contributed by atoms with Gasteiger partial charge in [-0.15, -0.1) is 0 Å². The van der Waals surface area contributed by atoms with E-state index in [1.165, 1.54) is 0 Å². The van der Waals surface area contributed by atoms with Crippen molar-refractivity contribution in [1.29, 1.82) is 0 Å². The zero-order valence-electron chi connectivity index (χ0n) is 12.3. The van der Waals surface area contributed by atoms with Crippen molar-refractivity contribution >= 4 is 17.7 Å². The maximum Gasteiger partial charge on any atom is 0.320 e. The number of aliphatic carboxylic acids is 1. The summed E-state index contributed by atoms with van der Waals surface area (Å²) < 4.78 is 5.73. The standard InChI is InChI=1S/C15H23NO3S/c1-11(2)19-14-7-5-4-6-12(14)10-16-13(15(17)18)8-9-20-3/h4-7,11,13,16H,8-10H2,1-3H3,(H,17,18). The number of thioether (sulfide) groups is 1. The molecule has 0 heterocycles. The number of benzene rings is 1. The maximum absolute atomic E-state index is 11.2. The Morgan fingerprint density at radius 1 is 1.40 bits per heavy atom. The smallest absolute Gasteiger partial charge is 0.320 e. The second-order valence-corrected chi connectivity index (χ2v) is 5.81.